The van der Waals surface area contributed by atoms with Gasteiger partial charge in [0.05, 0.1) is 6.54 Å². The number of rotatable bonds is 5. The van der Waals surface area contributed by atoms with E-state index >= 15 is 0 Å². The first-order valence-corrected chi connectivity index (χ1v) is 7.74. The van der Waals surface area contributed by atoms with Gasteiger partial charge in [0.25, 0.3) is 5.91 Å². The summed E-state index contributed by atoms with van der Waals surface area (Å²) in [7, 11) is 0. The Morgan fingerprint density at radius 2 is 1.29 bits per heavy atom. The summed E-state index contributed by atoms with van der Waals surface area (Å²) in [6.45, 7) is 0.364. The standard InChI is InChI=1S/C21H17NO2/c23-16-21(24)22(15-17-7-3-1-4-8-17)20-13-11-19(12-14-20)18-9-5-2-6-10-18/h1-14,16H,15H2. The summed E-state index contributed by atoms with van der Waals surface area (Å²) in [6, 6.07) is 27.3. The van der Waals surface area contributed by atoms with E-state index in [1.165, 1.54) is 4.90 Å². The van der Waals surface area contributed by atoms with Gasteiger partial charge in [-0.1, -0.05) is 72.8 Å². The molecular formula is C21H17NO2. The molecule has 0 radical (unpaired) electrons. The van der Waals surface area contributed by atoms with E-state index < -0.39 is 5.91 Å². The lowest BCUT2D eigenvalue weighted by atomic mass is 10.1. The van der Waals surface area contributed by atoms with E-state index in [0.29, 0.717) is 18.5 Å². The third kappa shape index (κ3) is 3.58. The van der Waals surface area contributed by atoms with Crippen LogP contribution in [0.3, 0.4) is 0 Å². The summed E-state index contributed by atoms with van der Waals surface area (Å²) >= 11 is 0. The van der Waals surface area contributed by atoms with E-state index in [-0.39, 0.29) is 0 Å². The summed E-state index contributed by atoms with van der Waals surface area (Å²) in [6.07, 6.45) is 0.355. The first kappa shape index (κ1) is 15.7. The highest BCUT2D eigenvalue weighted by Gasteiger charge is 2.15. The Balaban J connectivity index is 1.88. The summed E-state index contributed by atoms with van der Waals surface area (Å²) in [5.74, 6) is -0.550. The van der Waals surface area contributed by atoms with Crippen LogP contribution in [0.1, 0.15) is 5.56 Å². The molecule has 0 aromatic heterocycles. The van der Waals surface area contributed by atoms with Crippen LogP contribution < -0.4 is 4.90 Å². The molecule has 0 atom stereocenters. The molecular weight excluding hydrogens is 298 g/mol. The van der Waals surface area contributed by atoms with Gasteiger partial charge >= 0.3 is 0 Å². The van der Waals surface area contributed by atoms with Gasteiger partial charge in [0.2, 0.25) is 6.29 Å². The topological polar surface area (TPSA) is 37.4 Å². The van der Waals surface area contributed by atoms with Crippen LogP contribution in [0.5, 0.6) is 0 Å². The Hall–Kier alpha value is -3.20. The van der Waals surface area contributed by atoms with Crippen molar-refractivity contribution in [3.63, 3.8) is 0 Å². The molecule has 3 aromatic carbocycles. The molecule has 118 valence electrons. The Labute approximate surface area is 141 Å². The third-order valence-electron chi connectivity index (χ3n) is 3.84. The van der Waals surface area contributed by atoms with E-state index in [2.05, 4.69) is 0 Å². The highest BCUT2D eigenvalue weighted by molar-refractivity contribution is 6.30. The molecule has 0 aliphatic carbocycles. The molecule has 0 saturated heterocycles. The van der Waals surface area contributed by atoms with Crippen LogP contribution in [0.15, 0.2) is 84.9 Å². The van der Waals surface area contributed by atoms with Crippen LogP contribution in [0.4, 0.5) is 5.69 Å². The predicted molar refractivity (Wildman–Crippen MR) is 95.6 cm³/mol. The summed E-state index contributed by atoms with van der Waals surface area (Å²) < 4.78 is 0. The lowest BCUT2D eigenvalue weighted by molar-refractivity contribution is -0.129. The average molecular weight is 315 g/mol. The summed E-state index contributed by atoms with van der Waals surface area (Å²) in [5, 5.41) is 0. The number of nitrogens with zero attached hydrogens (tertiary/aromatic N) is 1. The van der Waals surface area contributed by atoms with Gasteiger partial charge < -0.3 is 4.90 Å². The average Bonchev–Trinajstić information content (AvgIpc) is 2.67. The smallest absolute Gasteiger partial charge is 0.291 e. The normalized spacial score (nSPS) is 10.2. The monoisotopic (exact) mass is 315 g/mol. The molecule has 0 bridgehead atoms. The Bertz CT molecular complexity index is 811. The number of hydrogen-bond donors (Lipinski definition) is 0. The van der Waals surface area contributed by atoms with Crippen molar-refractivity contribution >= 4 is 17.9 Å². The van der Waals surface area contributed by atoms with E-state index in [1.807, 2.05) is 84.9 Å². The van der Waals surface area contributed by atoms with Crippen LogP contribution in [0.25, 0.3) is 11.1 Å². The van der Waals surface area contributed by atoms with Crippen LogP contribution in [-0.4, -0.2) is 12.2 Å². The van der Waals surface area contributed by atoms with Crippen molar-refractivity contribution in [1.82, 2.24) is 0 Å². The lowest BCUT2D eigenvalue weighted by Gasteiger charge is -2.21. The fourth-order valence-corrected chi connectivity index (χ4v) is 2.59. The summed E-state index contributed by atoms with van der Waals surface area (Å²) in [5.41, 5.74) is 3.86. The van der Waals surface area contributed by atoms with E-state index in [4.69, 9.17) is 0 Å². The second kappa shape index (κ2) is 7.38. The molecule has 0 N–H and O–H groups in total. The highest BCUT2D eigenvalue weighted by Crippen LogP contribution is 2.24. The second-order valence-corrected chi connectivity index (χ2v) is 5.44. The zero-order valence-electron chi connectivity index (χ0n) is 13.1. The number of benzene rings is 3. The maximum atomic E-state index is 12.0. The molecule has 3 nitrogen and oxygen atoms in total. The number of anilines is 1. The van der Waals surface area contributed by atoms with Crippen molar-refractivity contribution in [2.24, 2.45) is 0 Å². The van der Waals surface area contributed by atoms with Crippen molar-refractivity contribution < 1.29 is 9.59 Å². The quantitative estimate of drug-likeness (QED) is 0.525. The van der Waals surface area contributed by atoms with Crippen molar-refractivity contribution in [2.45, 2.75) is 6.54 Å². The fourth-order valence-electron chi connectivity index (χ4n) is 2.59. The number of aldehydes is 1. The third-order valence-corrected chi connectivity index (χ3v) is 3.84. The molecule has 3 rings (SSSR count). The van der Waals surface area contributed by atoms with E-state index in [1.54, 1.807) is 0 Å². The predicted octanol–water partition coefficient (Wildman–Crippen LogP) is 4.09. The number of carbonyl (C=O) groups excluding carboxylic acids is 2. The van der Waals surface area contributed by atoms with Gasteiger partial charge in [-0.2, -0.15) is 0 Å². The molecule has 0 fully saturated rings. The Morgan fingerprint density at radius 1 is 0.750 bits per heavy atom. The SMILES string of the molecule is O=CC(=O)N(Cc1ccccc1)c1ccc(-c2ccccc2)cc1. The molecule has 0 heterocycles. The van der Waals surface area contributed by atoms with Gasteiger partial charge in [0.1, 0.15) is 0 Å². The molecule has 0 unspecified atom stereocenters. The van der Waals surface area contributed by atoms with E-state index in [0.717, 1.165) is 16.7 Å². The highest BCUT2D eigenvalue weighted by atomic mass is 16.2. The molecule has 0 spiro atoms. The number of hydrogen-bond acceptors (Lipinski definition) is 2. The first-order chi connectivity index (χ1) is 11.8. The maximum absolute atomic E-state index is 12.0. The van der Waals surface area contributed by atoms with E-state index in [9.17, 15) is 9.59 Å². The van der Waals surface area contributed by atoms with Gasteiger partial charge in [-0.3, -0.25) is 9.59 Å². The molecule has 24 heavy (non-hydrogen) atoms. The number of carbonyl (C=O) groups is 2. The fraction of sp³-hybridized carbons (Fsp3) is 0.0476. The Morgan fingerprint density at radius 3 is 1.88 bits per heavy atom. The lowest BCUT2D eigenvalue weighted by Crippen LogP contribution is -2.31. The van der Waals surface area contributed by atoms with Gasteiger partial charge in [-0.15, -0.1) is 0 Å². The molecule has 1 amide bonds. The maximum Gasteiger partial charge on any atom is 0.291 e. The molecule has 0 aliphatic heterocycles. The molecule has 0 aliphatic rings. The van der Waals surface area contributed by atoms with Gasteiger partial charge in [0.15, 0.2) is 0 Å². The molecule has 3 heteroatoms. The zero-order valence-corrected chi connectivity index (χ0v) is 13.1. The van der Waals surface area contributed by atoms with Crippen molar-refractivity contribution in [2.75, 3.05) is 4.90 Å². The minimum Gasteiger partial charge on any atom is -0.302 e. The van der Waals surface area contributed by atoms with Crippen LogP contribution in [0.2, 0.25) is 0 Å². The first-order valence-electron chi connectivity index (χ1n) is 7.74. The van der Waals surface area contributed by atoms with Gasteiger partial charge in [-0.25, -0.2) is 0 Å². The van der Waals surface area contributed by atoms with Crippen LogP contribution >= 0.6 is 0 Å². The van der Waals surface area contributed by atoms with Crippen LogP contribution in [-0.2, 0) is 16.1 Å². The zero-order chi connectivity index (χ0) is 16.8. The second-order valence-electron chi connectivity index (χ2n) is 5.44. The molecule has 0 saturated carbocycles. The van der Waals surface area contributed by atoms with Crippen molar-refractivity contribution in [3.05, 3.63) is 90.5 Å². The van der Waals surface area contributed by atoms with Gasteiger partial charge in [0, 0.05) is 5.69 Å². The summed E-state index contributed by atoms with van der Waals surface area (Å²) in [4.78, 5) is 24.5. The number of amides is 1. The largest absolute Gasteiger partial charge is 0.302 e. The minimum absolute atomic E-state index is 0.355. The van der Waals surface area contributed by atoms with Crippen molar-refractivity contribution in [1.29, 1.82) is 0 Å². The Kier molecular flexibility index (Phi) is 4.82. The van der Waals surface area contributed by atoms with Crippen LogP contribution in [0, 0.1) is 0 Å². The minimum atomic E-state index is -0.550. The van der Waals surface area contributed by atoms with Gasteiger partial charge in [-0.05, 0) is 28.8 Å². The van der Waals surface area contributed by atoms with Crippen molar-refractivity contribution in [3.8, 4) is 11.1 Å². The molecule has 3 aromatic rings.